The van der Waals surface area contributed by atoms with Crippen molar-refractivity contribution < 1.29 is 75.0 Å². The molecule has 0 aromatic rings. The molecule has 0 saturated carbocycles. The van der Waals surface area contributed by atoms with Crippen molar-refractivity contribution >= 4 is 29.5 Å². The minimum absolute atomic E-state index is 0.165. The van der Waals surface area contributed by atoms with Gasteiger partial charge in [0.2, 0.25) is 17.7 Å². The number of aliphatic hydroxyl groups is 10. The summed E-state index contributed by atoms with van der Waals surface area (Å²) in [5, 5.41) is 129. The van der Waals surface area contributed by atoms with E-state index in [1.165, 1.54) is 161 Å². The lowest BCUT2D eigenvalue weighted by Gasteiger charge is -2.27. The molecule has 95 heavy (non-hydrogen) atoms. The molecule has 0 fully saturated rings. The number of carbonyl (C=O) groups is 5. The highest BCUT2D eigenvalue weighted by atomic mass is 16.4. The molecular weight excluding hydrogens is 1220 g/mol. The lowest BCUT2D eigenvalue weighted by molar-refractivity contribution is -0.149. The molecule has 562 valence electrons. The zero-order valence-corrected chi connectivity index (χ0v) is 59.1. The molecule has 0 heterocycles. The maximum absolute atomic E-state index is 13.2. The third kappa shape index (κ3) is 54.2. The van der Waals surface area contributed by atoms with E-state index in [0.717, 1.165) is 122 Å². The summed E-state index contributed by atoms with van der Waals surface area (Å²) in [7, 11) is 4.01. The van der Waals surface area contributed by atoms with Gasteiger partial charge in [-0.3, -0.25) is 24.0 Å². The monoisotopic (exact) mass is 1360 g/mol. The summed E-state index contributed by atoms with van der Waals surface area (Å²) in [4.78, 5) is 64.4. The molecule has 0 aromatic heterocycles. The lowest BCUT2D eigenvalue weighted by atomic mass is 10.00. The van der Waals surface area contributed by atoms with Gasteiger partial charge in [-0.2, -0.15) is 0 Å². The average Bonchev–Trinajstić information content (AvgIpc) is 2.04. The first-order valence-electron chi connectivity index (χ1n) is 37.2. The van der Waals surface area contributed by atoms with E-state index in [1.807, 2.05) is 14.1 Å². The molecule has 5 amide bonds. The van der Waals surface area contributed by atoms with Crippen molar-refractivity contribution in [3.63, 3.8) is 0 Å². The fraction of sp³-hybridized carbons (Fsp3) is 0.928. The molecule has 20 N–H and O–H groups in total. The van der Waals surface area contributed by atoms with Crippen molar-refractivity contribution in [2.45, 2.75) is 274 Å². The molecule has 0 aliphatic heterocycles. The van der Waals surface area contributed by atoms with Crippen molar-refractivity contribution in [2.75, 3.05) is 132 Å². The SMILES string of the molecule is CNCCCNCCCCNCC(CCCCCCNC(=O)CCCCCCCCCCCCCCCCCCCCCCCNC(=O)CCC(=O)N(CCNC(=O)[C@@H](O)[C@H](O)[C@@H](O)[C@H](O)CO)CCNC(=O)[C@H](O)[C@@H](O)[C@H](O)[C@@H](O)CO)CNCCCCNCCCNC. The van der Waals surface area contributed by atoms with Gasteiger partial charge >= 0.3 is 0 Å². The molecule has 0 rings (SSSR count). The Labute approximate surface area is 572 Å². The molecule has 26 heteroatoms. The Morgan fingerprint density at radius 1 is 0.316 bits per heavy atom. The van der Waals surface area contributed by atoms with Gasteiger partial charge < -0.3 is 109 Å². The summed E-state index contributed by atoms with van der Waals surface area (Å²) in [5.74, 6) is -2.40. The van der Waals surface area contributed by atoms with Gasteiger partial charge in [0.15, 0.2) is 12.2 Å². The second-order valence-corrected chi connectivity index (χ2v) is 26.0. The van der Waals surface area contributed by atoms with Gasteiger partial charge in [0.25, 0.3) is 11.8 Å². The minimum Gasteiger partial charge on any atom is -0.394 e. The second-order valence-electron chi connectivity index (χ2n) is 26.0. The van der Waals surface area contributed by atoms with Crippen LogP contribution >= 0.6 is 0 Å². The summed E-state index contributed by atoms with van der Waals surface area (Å²) in [6, 6.07) is 0. The number of amides is 5. The molecule has 8 atom stereocenters. The number of hydrogen-bond donors (Lipinski definition) is 20. The number of hydrogen-bond acceptors (Lipinski definition) is 21. The van der Waals surface area contributed by atoms with Crippen molar-refractivity contribution in [3.05, 3.63) is 0 Å². The third-order valence-electron chi connectivity index (χ3n) is 17.4. The lowest BCUT2D eigenvalue weighted by Crippen LogP contribution is -2.53. The van der Waals surface area contributed by atoms with E-state index < -0.39 is 79.8 Å². The van der Waals surface area contributed by atoms with Crippen LogP contribution in [0.4, 0.5) is 0 Å². The van der Waals surface area contributed by atoms with Crippen LogP contribution in [-0.4, -0.2) is 266 Å². The van der Waals surface area contributed by atoms with Crippen molar-refractivity contribution in [1.29, 1.82) is 0 Å². The Kier molecular flexibility index (Phi) is 64.3. The highest BCUT2D eigenvalue weighted by molar-refractivity contribution is 5.84. The molecule has 0 spiro atoms. The van der Waals surface area contributed by atoms with Crippen molar-refractivity contribution in [2.24, 2.45) is 5.92 Å². The average molecular weight is 1360 g/mol. The van der Waals surface area contributed by atoms with Crippen LogP contribution in [0.1, 0.15) is 225 Å². The zero-order valence-electron chi connectivity index (χ0n) is 59.1. The maximum Gasteiger partial charge on any atom is 0.251 e. The van der Waals surface area contributed by atoms with Crippen LogP contribution < -0.4 is 53.2 Å². The molecule has 0 aliphatic rings. The van der Waals surface area contributed by atoms with Gasteiger partial charge in [0.05, 0.1) is 13.2 Å². The van der Waals surface area contributed by atoms with Crippen LogP contribution in [0.25, 0.3) is 0 Å². The van der Waals surface area contributed by atoms with Crippen LogP contribution in [0, 0.1) is 5.92 Å². The summed E-state index contributed by atoms with van der Waals surface area (Å²) >= 11 is 0. The van der Waals surface area contributed by atoms with E-state index >= 15 is 0 Å². The van der Waals surface area contributed by atoms with E-state index in [4.69, 9.17) is 10.2 Å². The fourth-order valence-electron chi connectivity index (χ4n) is 11.2. The Morgan fingerprint density at radius 2 is 0.632 bits per heavy atom. The predicted molar refractivity (Wildman–Crippen MR) is 375 cm³/mol. The van der Waals surface area contributed by atoms with Crippen LogP contribution in [-0.2, 0) is 24.0 Å². The molecule has 0 aromatic carbocycles. The standard InChI is InChI=1S/C69H141N11O15/c1-70-38-32-44-72-40-28-30-42-74-52-56(53-75-43-31-29-41-73-45-33-39-71-2)34-24-21-23-27-46-76-59(85)35-25-20-18-16-14-12-10-8-6-4-3-5-7-9-11-13-15-17-19-22-26-47-77-60(86)36-37-61(87)80(50-48-78-68(94)66(92)64(90)62(88)57(83)54-81)51-49-79-69(95)67(93)65(91)63(89)58(84)55-82/h56-58,62-67,70-75,81-84,88-93H,3-55H2,1-2H3,(H,76,85)(H,77,86)(H,78,94)(H,79,95)/t57-,58+,62+,63-,64-,65+,66+,67-. The summed E-state index contributed by atoms with van der Waals surface area (Å²) in [6.07, 6.45) is 22.1. The van der Waals surface area contributed by atoms with E-state index in [2.05, 4.69) is 53.2 Å². The smallest absolute Gasteiger partial charge is 0.251 e. The van der Waals surface area contributed by atoms with Crippen LogP contribution in [0.5, 0.6) is 0 Å². The first-order valence-corrected chi connectivity index (χ1v) is 37.2. The summed E-state index contributed by atoms with van der Waals surface area (Å²) < 4.78 is 0. The molecule has 26 nitrogen and oxygen atoms in total. The van der Waals surface area contributed by atoms with Gasteiger partial charge in [-0.05, 0) is 150 Å². The summed E-state index contributed by atoms with van der Waals surface area (Å²) in [5.41, 5.74) is 0. The molecule has 0 saturated heterocycles. The summed E-state index contributed by atoms with van der Waals surface area (Å²) in [6.45, 7) is 9.08. The van der Waals surface area contributed by atoms with Crippen LogP contribution in [0.15, 0.2) is 0 Å². The second kappa shape index (κ2) is 66.6. The van der Waals surface area contributed by atoms with Gasteiger partial charge in [0.1, 0.15) is 36.6 Å². The number of nitrogens with one attached hydrogen (secondary N) is 10. The third-order valence-corrected chi connectivity index (χ3v) is 17.4. The first-order chi connectivity index (χ1) is 46.0. The minimum atomic E-state index is -2.22. The Hall–Kier alpha value is -3.29. The van der Waals surface area contributed by atoms with Gasteiger partial charge in [-0.15, -0.1) is 0 Å². The number of aliphatic hydroxyl groups excluding tert-OH is 10. The topological polar surface area (TPSA) is 411 Å². The van der Waals surface area contributed by atoms with Crippen molar-refractivity contribution in [1.82, 2.24) is 58.1 Å². The predicted octanol–water partition coefficient (Wildman–Crippen LogP) is 1.22. The van der Waals surface area contributed by atoms with Crippen molar-refractivity contribution in [3.8, 4) is 0 Å². The Bertz CT molecular complexity index is 1720. The molecule has 0 radical (unpaired) electrons. The Morgan fingerprint density at radius 3 is 1.00 bits per heavy atom. The van der Waals surface area contributed by atoms with Gasteiger partial charge in [0, 0.05) is 58.5 Å². The maximum atomic E-state index is 13.2. The first kappa shape index (κ1) is 91.7. The van der Waals surface area contributed by atoms with E-state index in [0.29, 0.717) is 18.9 Å². The number of unbranched alkanes of at least 4 members (excludes halogenated alkanes) is 25. The van der Waals surface area contributed by atoms with Crippen LogP contribution in [0.2, 0.25) is 0 Å². The highest BCUT2D eigenvalue weighted by Crippen LogP contribution is 2.17. The molecule has 0 bridgehead atoms. The quantitative estimate of drug-likeness (QED) is 0.0381. The normalized spacial score (nSPS) is 14.2. The van der Waals surface area contributed by atoms with E-state index in [-0.39, 0.29) is 50.8 Å². The largest absolute Gasteiger partial charge is 0.394 e. The van der Waals surface area contributed by atoms with E-state index in [9.17, 15) is 64.8 Å². The number of rotatable bonds is 72. The fourth-order valence-corrected chi connectivity index (χ4v) is 11.2. The molecular formula is C69H141N11O15. The van der Waals surface area contributed by atoms with Gasteiger partial charge in [-0.1, -0.05) is 141 Å². The Balaban J connectivity index is 4.08. The number of nitrogens with zero attached hydrogens (tertiary/aromatic N) is 1. The zero-order chi connectivity index (χ0) is 70.2. The van der Waals surface area contributed by atoms with E-state index in [1.54, 1.807) is 0 Å². The number of carbonyl (C=O) groups excluding carboxylic acids is 5. The van der Waals surface area contributed by atoms with Crippen LogP contribution in [0.3, 0.4) is 0 Å². The van der Waals surface area contributed by atoms with Gasteiger partial charge in [-0.25, -0.2) is 0 Å². The molecule has 0 aliphatic carbocycles. The highest BCUT2D eigenvalue weighted by Gasteiger charge is 2.35. The molecule has 0 unspecified atom stereocenters.